The van der Waals surface area contributed by atoms with Gasteiger partial charge in [0.05, 0.1) is 6.61 Å². The molecule has 5 heteroatoms. The van der Waals surface area contributed by atoms with Crippen molar-refractivity contribution in [2.24, 2.45) is 5.73 Å². The number of amides is 1. The van der Waals surface area contributed by atoms with E-state index in [1.807, 2.05) is 19.2 Å². The summed E-state index contributed by atoms with van der Waals surface area (Å²) in [5.41, 5.74) is 7.83. The van der Waals surface area contributed by atoms with Crippen LogP contribution in [0.25, 0.3) is 0 Å². The van der Waals surface area contributed by atoms with Gasteiger partial charge in [-0.25, -0.2) is 0 Å². The van der Waals surface area contributed by atoms with E-state index in [1.165, 1.54) is 5.56 Å². The lowest BCUT2D eigenvalue weighted by Gasteiger charge is -2.37. The maximum Gasteiger partial charge on any atom is 0.240 e. The van der Waals surface area contributed by atoms with Gasteiger partial charge in [-0.05, 0) is 37.9 Å². The summed E-state index contributed by atoms with van der Waals surface area (Å²) in [6, 6.07) is 7.94. The van der Waals surface area contributed by atoms with Crippen molar-refractivity contribution in [2.45, 2.75) is 31.8 Å². The summed E-state index contributed by atoms with van der Waals surface area (Å²) in [5, 5.41) is 9.03. The van der Waals surface area contributed by atoms with Gasteiger partial charge in [0.2, 0.25) is 5.91 Å². The number of anilines is 1. The van der Waals surface area contributed by atoms with Gasteiger partial charge >= 0.3 is 0 Å². The second-order valence-electron chi connectivity index (χ2n) is 5.70. The lowest BCUT2D eigenvalue weighted by molar-refractivity contribution is -0.119. The van der Waals surface area contributed by atoms with Gasteiger partial charge in [-0.1, -0.05) is 18.2 Å². The number of nitrogens with zero attached hydrogens (tertiary/aromatic N) is 2. The molecular formula is C16H25N3O2. The fraction of sp³-hybridized carbons (Fsp3) is 0.562. The van der Waals surface area contributed by atoms with E-state index in [1.54, 1.807) is 0 Å². The topological polar surface area (TPSA) is 69.8 Å². The normalized spacial score (nSPS) is 19.0. The van der Waals surface area contributed by atoms with Crippen LogP contribution in [0.1, 0.15) is 24.8 Å². The van der Waals surface area contributed by atoms with E-state index in [0.29, 0.717) is 6.54 Å². The van der Waals surface area contributed by atoms with Crippen molar-refractivity contribution in [1.82, 2.24) is 4.90 Å². The van der Waals surface area contributed by atoms with Crippen LogP contribution >= 0.6 is 0 Å². The molecule has 0 saturated carbocycles. The van der Waals surface area contributed by atoms with E-state index in [2.05, 4.69) is 21.9 Å². The Hall–Kier alpha value is -1.59. The maximum atomic E-state index is 11.7. The van der Waals surface area contributed by atoms with Crippen molar-refractivity contribution in [2.75, 3.05) is 31.6 Å². The highest BCUT2D eigenvalue weighted by Crippen LogP contribution is 2.28. The van der Waals surface area contributed by atoms with Crippen LogP contribution in [0, 0.1) is 0 Å². The van der Waals surface area contributed by atoms with Crippen LogP contribution in [0.3, 0.4) is 0 Å². The van der Waals surface area contributed by atoms with Crippen LogP contribution in [-0.2, 0) is 11.3 Å². The molecule has 1 amide bonds. The molecule has 0 aromatic heterocycles. The highest BCUT2D eigenvalue weighted by Gasteiger charge is 2.28. The Bertz CT molecular complexity index is 478. The predicted molar refractivity (Wildman–Crippen MR) is 84.0 cm³/mol. The molecule has 0 spiro atoms. The minimum Gasteiger partial charge on any atom is -0.395 e. The number of piperidine rings is 1. The summed E-state index contributed by atoms with van der Waals surface area (Å²) in [7, 11) is 1.98. The van der Waals surface area contributed by atoms with E-state index < -0.39 is 0 Å². The van der Waals surface area contributed by atoms with Crippen molar-refractivity contribution >= 4 is 11.6 Å². The summed E-state index contributed by atoms with van der Waals surface area (Å²) < 4.78 is 0. The van der Waals surface area contributed by atoms with Gasteiger partial charge in [-0.2, -0.15) is 0 Å². The van der Waals surface area contributed by atoms with Gasteiger partial charge < -0.3 is 15.7 Å². The molecule has 5 nitrogen and oxygen atoms in total. The minimum absolute atomic E-state index is 0.145. The number of hydrogen-bond donors (Lipinski definition) is 2. The van der Waals surface area contributed by atoms with Crippen LogP contribution in [0.15, 0.2) is 24.3 Å². The number of hydrogen-bond acceptors (Lipinski definition) is 4. The molecular weight excluding hydrogens is 266 g/mol. The number of carbonyl (C=O) groups is 1. The van der Waals surface area contributed by atoms with Gasteiger partial charge in [0.15, 0.2) is 0 Å². The zero-order valence-corrected chi connectivity index (χ0v) is 12.7. The average Bonchev–Trinajstić information content (AvgIpc) is 2.48. The van der Waals surface area contributed by atoms with Crippen molar-refractivity contribution in [3.8, 4) is 0 Å². The Kier molecular flexibility index (Phi) is 5.59. The number of aliphatic hydroxyl groups is 1. The molecule has 1 heterocycles. The Morgan fingerprint density at radius 1 is 1.43 bits per heavy atom. The van der Waals surface area contributed by atoms with Crippen LogP contribution in [0.4, 0.5) is 5.69 Å². The van der Waals surface area contributed by atoms with E-state index in [0.717, 1.165) is 38.0 Å². The van der Waals surface area contributed by atoms with Crippen molar-refractivity contribution in [3.05, 3.63) is 29.8 Å². The predicted octanol–water partition coefficient (Wildman–Crippen LogP) is 0.955. The number of primary amides is 1. The molecule has 1 aromatic carbocycles. The zero-order valence-electron chi connectivity index (χ0n) is 12.7. The molecule has 1 unspecified atom stereocenters. The summed E-state index contributed by atoms with van der Waals surface area (Å²) in [6.07, 6.45) is 2.97. The number of para-hydroxylation sites is 1. The van der Waals surface area contributed by atoms with E-state index in [9.17, 15) is 4.79 Å². The SMILES string of the molecule is CN(CCO)Cc1ccccc1N1CCCCC1C(N)=O. The Morgan fingerprint density at radius 2 is 2.19 bits per heavy atom. The zero-order chi connectivity index (χ0) is 15.2. The molecule has 1 aliphatic rings. The standard InChI is InChI=1S/C16H25N3O2/c1-18(10-11-20)12-13-6-2-3-7-14(13)19-9-5-4-8-15(19)16(17)21/h2-3,6-7,15,20H,4-5,8-12H2,1H3,(H2,17,21). The highest BCUT2D eigenvalue weighted by molar-refractivity contribution is 5.84. The van der Waals surface area contributed by atoms with Crippen LogP contribution < -0.4 is 10.6 Å². The first-order valence-corrected chi connectivity index (χ1v) is 7.56. The fourth-order valence-corrected chi connectivity index (χ4v) is 2.98. The number of rotatable bonds is 6. The van der Waals surface area contributed by atoms with Gasteiger partial charge in [0, 0.05) is 25.3 Å². The first-order chi connectivity index (χ1) is 10.1. The smallest absolute Gasteiger partial charge is 0.240 e. The maximum absolute atomic E-state index is 11.7. The molecule has 1 fully saturated rings. The number of aliphatic hydroxyl groups excluding tert-OH is 1. The second kappa shape index (κ2) is 7.43. The number of likely N-dealkylation sites (N-methyl/N-ethyl adjacent to an activating group) is 1. The van der Waals surface area contributed by atoms with Crippen LogP contribution in [0.5, 0.6) is 0 Å². The molecule has 21 heavy (non-hydrogen) atoms. The third-order valence-corrected chi connectivity index (χ3v) is 4.05. The molecule has 1 atom stereocenters. The Labute approximate surface area is 126 Å². The minimum atomic E-state index is -0.242. The Morgan fingerprint density at radius 3 is 2.90 bits per heavy atom. The summed E-state index contributed by atoms with van der Waals surface area (Å²) in [4.78, 5) is 15.9. The molecule has 0 aliphatic carbocycles. The highest BCUT2D eigenvalue weighted by atomic mass is 16.3. The first kappa shape index (κ1) is 15.8. The molecule has 0 radical (unpaired) electrons. The van der Waals surface area contributed by atoms with Crippen molar-refractivity contribution in [1.29, 1.82) is 0 Å². The van der Waals surface area contributed by atoms with Crippen molar-refractivity contribution < 1.29 is 9.90 Å². The molecule has 0 bridgehead atoms. The second-order valence-corrected chi connectivity index (χ2v) is 5.70. The average molecular weight is 291 g/mol. The molecule has 1 saturated heterocycles. The fourth-order valence-electron chi connectivity index (χ4n) is 2.98. The van der Waals surface area contributed by atoms with Crippen LogP contribution in [-0.4, -0.2) is 48.7 Å². The number of benzene rings is 1. The number of carbonyl (C=O) groups excluding carboxylic acids is 1. The van der Waals surface area contributed by atoms with E-state index >= 15 is 0 Å². The third kappa shape index (κ3) is 3.95. The van der Waals surface area contributed by atoms with Gasteiger partial charge in [0.1, 0.15) is 6.04 Å². The monoisotopic (exact) mass is 291 g/mol. The van der Waals surface area contributed by atoms with Crippen LogP contribution in [0.2, 0.25) is 0 Å². The third-order valence-electron chi connectivity index (χ3n) is 4.05. The molecule has 2 rings (SSSR count). The summed E-state index contributed by atoms with van der Waals surface area (Å²) in [6.45, 7) is 2.40. The quantitative estimate of drug-likeness (QED) is 0.819. The summed E-state index contributed by atoms with van der Waals surface area (Å²) in [5.74, 6) is -0.242. The van der Waals surface area contributed by atoms with E-state index in [4.69, 9.17) is 10.8 Å². The van der Waals surface area contributed by atoms with Gasteiger partial charge in [-0.3, -0.25) is 9.69 Å². The molecule has 3 N–H and O–H groups in total. The van der Waals surface area contributed by atoms with E-state index in [-0.39, 0.29) is 18.6 Å². The largest absolute Gasteiger partial charge is 0.395 e. The Balaban J connectivity index is 2.23. The van der Waals surface area contributed by atoms with Gasteiger partial charge in [-0.15, -0.1) is 0 Å². The van der Waals surface area contributed by atoms with Gasteiger partial charge in [0.25, 0.3) is 0 Å². The van der Waals surface area contributed by atoms with Crippen molar-refractivity contribution in [3.63, 3.8) is 0 Å². The molecule has 1 aromatic rings. The molecule has 116 valence electrons. The first-order valence-electron chi connectivity index (χ1n) is 7.56. The lowest BCUT2D eigenvalue weighted by atomic mass is 9.99. The number of nitrogens with two attached hydrogens (primary N) is 1. The lowest BCUT2D eigenvalue weighted by Crippen LogP contribution is -2.48. The molecule has 1 aliphatic heterocycles. The summed E-state index contributed by atoms with van der Waals surface area (Å²) >= 11 is 0.